The molecule has 2 heterocycles. The summed E-state index contributed by atoms with van der Waals surface area (Å²) in [7, 11) is -0.289. The molecule has 12 heteroatoms. The number of methoxy groups -OCH3 is 1. The number of aliphatic hydroxyl groups excluding tert-OH is 1. The fraction of sp³-hybridized carbons (Fsp3) is 0.667. The first-order valence-electron chi connectivity index (χ1n) is 11.1. The van der Waals surface area contributed by atoms with E-state index in [1.165, 1.54) is 6.33 Å². The van der Waals surface area contributed by atoms with E-state index in [4.69, 9.17) is 24.8 Å². The van der Waals surface area contributed by atoms with Crippen LogP contribution in [0.5, 0.6) is 0 Å². The monoisotopic (exact) mass is 485 g/mol. The summed E-state index contributed by atoms with van der Waals surface area (Å²) in [5.41, 5.74) is 6.66. The molecular formula is C21H36N5O6P. The smallest absolute Gasteiger partial charge is 0.309 e. The zero-order valence-electron chi connectivity index (χ0n) is 19.5. The first-order chi connectivity index (χ1) is 15.9. The van der Waals surface area contributed by atoms with Crippen molar-refractivity contribution in [3.05, 3.63) is 18.6 Å². The summed E-state index contributed by atoms with van der Waals surface area (Å²) in [4.78, 5) is 30.5. The lowest BCUT2D eigenvalue weighted by Crippen LogP contribution is -2.25. The number of rotatable bonds is 16. The van der Waals surface area contributed by atoms with Gasteiger partial charge >= 0.3 is 5.97 Å². The Balaban J connectivity index is 1.72. The predicted molar refractivity (Wildman–Crippen MR) is 126 cm³/mol. The number of fused-ring (bicyclic) bond motifs is 1. The molecule has 2 rings (SSSR count). The number of carbonyl (C=O) groups excluding carboxylic acids is 1. The maximum Gasteiger partial charge on any atom is 0.309 e. The zero-order chi connectivity index (χ0) is 24.2. The van der Waals surface area contributed by atoms with Crippen molar-refractivity contribution in [1.82, 2.24) is 19.6 Å². The van der Waals surface area contributed by atoms with Gasteiger partial charge in [0.05, 0.1) is 24.0 Å². The van der Waals surface area contributed by atoms with Crippen molar-refractivity contribution in [3.8, 4) is 0 Å². The molecule has 33 heavy (non-hydrogen) atoms. The number of aliphatic hydroxyl groups is 1. The standard InChI is InChI=1S/C21H36N5O6P/c1-4-5-16(7-10-27)21(28)31-11-8-25-33(29)32-13-17(30-3)12-15(2)26-9-6-18-19(22)23-14-24-20(18)26/h6,9,14-17,25,27,29H,4-5,7-8,10-13H2,1-3H3,(H2,22,23,24)/t15-,16?,17?,33?/m0/s1. The number of nitrogen functional groups attached to an aromatic ring is 1. The normalized spacial score (nSPS) is 15.3. The highest BCUT2D eigenvalue weighted by molar-refractivity contribution is 7.43. The number of nitrogens with zero attached hydrogens (tertiary/aromatic N) is 3. The lowest BCUT2D eigenvalue weighted by atomic mass is 10.0. The SMILES string of the molecule is CCCC(CCO)C(=O)OCCNP(O)OCC(C[C@H](C)n1ccc2c(N)ncnc21)OC. The molecule has 0 fully saturated rings. The van der Waals surface area contributed by atoms with Crippen LogP contribution in [0.15, 0.2) is 18.6 Å². The molecule has 0 bridgehead atoms. The minimum Gasteiger partial charge on any atom is -0.464 e. The summed E-state index contributed by atoms with van der Waals surface area (Å²) in [5.74, 6) is -0.180. The number of aromatic nitrogens is 3. The summed E-state index contributed by atoms with van der Waals surface area (Å²) in [6.45, 7) is 4.55. The van der Waals surface area contributed by atoms with E-state index >= 15 is 0 Å². The van der Waals surface area contributed by atoms with Gasteiger partial charge in [0.15, 0.2) is 0 Å². The number of hydrogen-bond acceptors (Lipinski definition) is 10. The van der Waals surface area contributed by atoms with Crippen molar-refractivity contribution in [3.63, 3.8) is 0 Å². The summed E-state index contributed by atoms with van der Waals surface area (Å²) < 4.78 is 18.3. The second kappa shape index (κ2) is 14.4. The van der Waals surface area contributed by atoms with E-state index in [9.17, 15) is 9.69 Å². The first kappa shape index (κ1) is 27.4. The average Bonchev–Trinajstić information content (AvgIpc) is 3.24. The Kier molecular flexibility index (Phi) is 11.9. The molecule has 3 unspecified atom stereocenters. The average molecular weight is 486 g/mol. The molecule has 0 radical (unpaired) electrons. The zero-order valence-corrected chi connectivity index (χ0v) is 20.4. The molecule has 0 spiro atoms. The van der Waals surface area contributed by atoms with Gasteiger partial charge in [-0.2, -0.15) is 0 Å². The third-order valence-electron chi connectivity index (χ3n) is 5.38. The predicted octanol–water partition coefficient (Wildman–Crippen LogP) is 2.15. The van der Waals surface area contributed by atoms with Crippen LogP contribution >= 0.6 is 8.53 Å². The molecule has 0 aliphatic carbocycles. The number of carbonyl (C=O) groups is 1. The molecular weight excluding hydrogens is 449 g/mol. The van der Waals surface area contributed by atoms with Gasteiger partial charge in [-0.25, -0.2) is 15.1 Å². The molecule has 0 saturated heterocycles. The summed E-state index contributed by atoms with van der Waals surface area (Å²) in [6, 6.07) is 1.94. The number of ether oxygens (including phenoxy) is 2. The molecule has 186 valence electrons. The fourth-order valence-corrected chi connectivity index (χ4v) is 4.25. The summed E-state index contributed by atoms with van der Waals surface area (Å²) in [5, 5.41) is 12.7. The van der Waals surface area contributed by atoms with E-state index in [2.05, 4.69) is 15.1 Å². The van der Waals surface area contributed by atoms with Crippen molar-refractivity contribution in [1.29, 1.82) is 0 Å². The first-order valence-corrected chi connectivity index (χ1v) is 12.3. The topological polar surface area (TPSA) is 154 Å². The number of nitrogens with one attached hydrogen (secondary N) is 1. The number of hydrogen-bond donors (Lipinski definition) is 4. The van der Waals surface area contributed by atoms with Crippen molar-refractivity contribution in [2.45, 2.75) is 51.7 Å². The van der Waals surface area contributed by atoms with Gasteiger partial charge < -0.3 is 34.3 Å². The fourth-order valence-electron chi connectivity index (χ4n) is 3.57. The maximum absolute atomic E-state index is 12.0. The Hall–Kier alpha value is -1.88. The van der Waals surface area contributed by atoms with Gasteiger partial charge in [0.2, 0.25) is 0 Å². The van der Waals surface area contributed by atoms with Crippen LogP contribution < -0.4 is 10.8 Å². The van der Waals surface area contributed by atoms with Crippen LogP contribution in [0, 0.1) is 5.92 Å². The van der Waals surface area contributed by atoms with Crippen molar-refractivity contribution in [2.75, 3.05) is 39.2 Å². The Morgan fingerprint density at radius 2 is 2.15 bits per heavy atom. The van der Waals surface area contributed by atoms with Crippen LogP contribution in [-0.2, 0) is 18.8 Å². The van der Waals surface area contributed by atoms with E-state index in [1.807, 2.05) is 30.7 Å². The lowest BCUT2D eigenvalue weighted by Gasteiger charge is -2.22. The van der Waals surface area contributed by atoms with Crippen LogP contribution in [0.3, 0.4) is 0 Å². The van der Waals surface area contributed by atoms with Gasteiger partial charge in [0.25, 0.3) is 8.53 Å². The number of esters is 1. The molecule has 0 saturated carbocycles. The Morgan fingerprint density at radius 1 is 1.36 bits per heavy atom. The second-order valence-electron chi connectivity index (χ2n) is 7.80. The quantitative estimate of drug-likeness (QED) is 0.158. The van der Waals surface area contributed by atoms with Crippen molar-refractivity contribution >= 4 is 31.3 Å². The molecule has 0 amide bonds. The Labute approximate surface area is 195 Å². The van der Waals surface area contributed by atoms with Gasteiger partial charge in [-0.1, -0.05) is 13.3 Å². The number of anilines is 1. The highest BCUT2D eigenvalue weighted by atomic mass is 31.2. The van der Waals surface area contributed by atoms with Gasteiger partial charge in [-0.05, 0) is 32.3 Å². The molecule has 0 aliphatic rings. The molecule has 11 nitrogen and oxygen atoms in total. The third-order valence-corrected chi connectivity index (χ3v) is 6.26. The van der Waals surface area contributed by atoms with E-state index < -0.39 is 8.53 Å². The minimum absolute atomic E-state index is 0.0462. The van der Waals surface area contributed by atoms with Crippen LogP contribution in [0.4, 0.5) is 5.82 Å². The van der Waals surface area contributed by atoms with Gasteiger partial charge in [-0.15, -0.1) is 0 Å². The van der Waals surface area contributed by atoms with Crippen molar-refractivity contribution < 1.29 is 28.8 Å². The maximum atomic E-state index is 12.0. The molecule has 2 aromatic heterocycles. The van der Waals surface area contributed by atoms with E-state index in [1.54, 1.807) is 7.11 Å². The third kappa shape index (κ3) is 8.44. The van der Waals surface area contributed by atoms with Crippen LogP contribution in [0.25, 0.3) is 11.0 Å². The van der Waals surface area contributed by atoms with Crippen molar-refractivity contribution in [2.24, 2.45) is 5.92 Å². The van der Waals surface area contributed by atoms with Crippen LogP contribution in [0.1, 0.15) is 45.6 Å². The molecule has 0 aromatic carbocycles. The minimum atomic E-state index is -1.89. The van der Waals surface area contributed by atoms with E-state index in [-0.39, 0.29) is 50.4 Å². The Morgan fingerprint density at radius 3 is 2.85 bits per heavy atom. The summed E-state index contributed by atoms with van der Waals surface area (Å²) in [6.07, 6.45) is 5.66. The highest BCUT2D eigenvalue weighted by Crippen LogP contribution is 2.28. The van der Waals surface area contributed by atoms with E-state index in [0.29, 0.717) is 25.1 Å². The number of nitrogens with two attached hydrogens (primary N) is 1. The Bertz CT molecular complexity index is 848. The molecule has 5 N–H and O–H groups in total. The van der Waals surface area contributed by atoms with E-state index in [0.717, 1.165) is 17.5 Å². The molecule has 2 aromatic rings. The molecule has 0 aliphatic heterocycles. The van der Waals surface area contributed by atoms with Crippen LogP contribution in [-0.4, -0.2) is 70.1 Å². The van der Waals surface area contributed by atoms with Gasteiger partial charge in [-0.3, -0.25) is 4.79 Å². The van der Waals surface area contributed by atoms with Gasteiger partial charge in [0, 0.05) is 32.5 Å². The van der Waals surface area contributed by atoms with Crippen LogP contribution in [0.2, 0.25) is 0 Å². The second-order valence-corrected chi connectivity index (χ2v) is 8.92. The highest BCUT2D eigenvalue weighted by Gasteiger charge is 2.20. The lowest BCUT2D eigenvalue weighted by molar-refractivity contribution is -0.149. The summed E-state index contributed by atoms with van der Waals surface area (Å²) >= 11 is 0. The van der Waals surface area contributed by atoms with Gasteiger partial charge in [0.1, 0.15) is 24.4 Å². The molecule has 4 atom stereocenters. The largest absolute Gasteiger partial charge is 0.464 e.